The van der Waals surface area contributed by atoms with Gasteiger partial charge in [0.15, 0.2) is 0 Å². The minimum Gasteiger partial charge on any atom is -0.321 e. The molecule has 2 aromatic heterocycles. The van der Waals surface area contributed by atoms with E-state index in [2.05, 4.69) is 36.5 Å². The highest BCUT2D eigenvalue weighted by atomic mass is 79.9. The van der Waals surface area contributed by atoms with Crippen LogP contribution in [-0.4, -0.2) is 26.3 Å². The number of imidazole rings is 1. The van der Waals surface area contributed by atoms with E-state index in [0.717, 1.165) is 4.47 Å². The summed E-state index contributed by atoms with van der Waals surface area (Å²) in [6.07, 6.45) is 4.46. The molecule has 0 fully saturated rings. The van der Waals surface area contributed by atoms with E-state index in [1.54, 1.807) is 59.3 Å². The Bertz CT molecular complexity index is 1240. The molecule has 31 heavy (non-hydrogen) atoms. The predicted molar refractivity (Wildman–Crippen MR) is 118 cm³/mol. The van der Waals surface area contributed by atoms with Crippen LogP contribution < -0.4 is 10.6 Å². The first kappa shape index (κ1) is 20.4. The lowest BCUT2D eigenvalue weighted by atomic mass is 10.2. The highest BCUT2D eigenvalue weighted by molar-refractivity contribution is 9.10. The summed E-state index contributed by atoms with van der Waals surface area (Å²) in [5.41, 5.74) is 1.66. The maximum atomic E-state index is 13.2. The number of nitrogens with one attached hydrogen (secondary N) is 2. The Hall–Kier alpha value is -3.85. The molecule has 4 aromatic rings. The third-order valence-corrected chi connectivity index (χ3v) is 4.80. The number of halogens is 2. The Balaban J connectivity index is 1.50. The number of amides is 2. The van der Waals surface area contributed by atoms with Gasteiger partial charge in [0, 0.05) is 27.6 Å². The lowest BCUT2D eigenvalue weighted by Crippen LogP contribution is -2.17. The monoisotopic (exact) mass is 479 g/mol. The minimum absolute atomic E-state index is 0.264. The van der Waals surface area contributed by atoms with E-state index in [0.29, 0.717) is 22.8 Å². The Labute approximate surface area is 185 Å². The first-order chi connectivity index (χ1) is 15.0. The molecule has 0 unspecified atom stereocenters. The normalized spacial score (nSPS) is 10.5. The van der Waals surface area contributed by atoms with E-state index in [4.69, 9.17) is 0 Å². The van der Waals surface area contributed by atoms with Gasteiger partial charge in [-0.1, -0.05) is 6.07 Å². The van der Waals surface area contributed by atoms with Crippen LogP contribution in [0.4, 0.5) is 15.9 Å². The molecule has 7 nitrogen and oxygen atoms in total. The summed E-state index contributed by atoms with van der Waals surface area (Å²) >= 11 is 3.29. The van der Waals surface area contributed by atoms with Crippen LogP contribution in [0.3, 0.4) is 0 Å². The molecular weight excluding hydrogens is 465 g/mol. The highest BCUT2D eigenvalue weighted by Crippen LogP contribution is 2.17. The van der Waals surface area contributed by atoms with Crippen LogP contribution in [0, 0.1) is 5.82 Å². The fraction of sp³-hybridized carbons (Fsp3) is 0. The van der Waals surface area contributed by atoms with Crippen LogP contribution in [0.25, 0.3) is 5.69 Å². The van der Waals surface area contributed by atoms with Crippen LogP contribution >= 0.6 is 15.9 Å². The number of carbonyl (C=O) groups is 2. The molecule has 0 saturated carbocycles. The van der Waals surface area contributed by atoms with Crippen molar-refractivity contribution >= 4 is 39.2 Å². The van der Waals surface area contributed by atoms with Crippen molar-refractivity contribution < 1.29 is 14.0 Å². The fourth-order valence-corrected chi connectivity index (χ4v) is 3.08. The number of nitrogens with zero attached hydrogens (tertiary/aromatic N) is 3. The predicted octanol–water partition coefficient (Wildman–Crippen LogP) is 4.67. The van der Waals surface area contributed by atoms with Crippen LogP contribution in [-0.2, 0) is 0 Å². The van der Waals surface area contributed by atoms with E-state index in [9.17, 15) is 14.0 Å². The number of rotatable bonds is 5. The van der Waals surface area contributed by atoms with Gasteiger partial charge in [-0.25, -0.2) is 14.4 Å². The van der Waals surface area contributed by atoms with Gasteiger partial charge in [0.25, 0.3) is 11.8 Å². The number of hydrogen-bond acceptors (Lipinski definition) is 4. The molecule has 2 aromatic carbocycles. The van der Waals surface area contributed by atoms with E-state index in [1.807, 2.05) is 0 Å². The average Bonchev–Trinajstić information content (AvgIpc) is 3.26. The Kier molecular flexibility index (Phi) is 5.85. The topological polar surface area (TPSA) is 88.9 Å². The van der Waals surface area contributed by atoms with Crippen molar-refractivity contribution in [2.45, 2.75) is 0 Å². The lowest BCUT2D eigenvalue weighted by Gasteiger charge is -2.10. The molecule has 154 valence electrons. The smallest absolute Gasteiger partial charge is 0.274 e. The average molecular weight is 480 g/mol. The van der Waals surface area contributed by atoms with Crippen molar-refractivity contribution in [1.82, 2.24) is 14.5 Å². The van der Waals surface area contributed by atoms with Gasteiger partial charge in [0.1, 0.15) is 17.3 Å². The van der Waals surface area contributed by atoms with Gasteiger partial charge in [-0.05, 0) is 70.5 Å². The standard InChI is InChI=1S/C22H15BrFN5O2/c23-15-4-9-20(26-11-15)28-21(30)14-2-1-3-17(10-14)27-22(31)19-12-25-13-29(19)18-7-5-16(24)6-8-18/h1-13H,(H,27,31)(H,26,28,30). The maximum Gasteiger partial charge on any atom is 0.274 e. The zero-order chi connectivity index (χ0) is 21.8. The van der Waals surface area contributed by atoms with Crippen molar-refractivity contribution in [1.29, 1.82) is 0 Å². The van der Waals surface area contributed by atoms with Gasteiger partial charge in [0.2, 0.25) is 0 Å². The van der Waals surface area contributed by atoms with Crippen LogP contribution in [0.5, 0.6) is 0 Å². The molecule has 2 amide bonds. The molecule has 0 aliphatic carbocycles. The van der Waals surface area contributed by atoms with Crippen molar-refractivity contribution in [3.05, 3.63) is 101 Å². The molecule has 9 heteroatoms. The van der Waals surface area contributed by atoms with Crippen molar-refractivity contribution in [2.24, 2.45) is 0 Å². The molecule has 0 spiro atoms. The van der Waals surface area contributed by atoms with Crippen molar-refractivity contribution in [3.63, 3.8) is 0 Å². The third kappa shape index (κ3) is 4.84. The highest BCUT2D eigenvalue weighted by Gasteiger charge is 2.15. The van der Waals surface area contributed by atoms with Crippen molar-refractivity contribution in [2.75, 3.05) is 10.6 Å². The molecule has 0 aliphatic heterocycles. The third-order valence-electron chi connectivity index (χ3n) is 4.33. The number of pyridine rings is 1. The van der Waals surface area contributed by atoms with E-state index < -0.39 is 5.91 Å². The van der Waals surface area contributed by atoms with Crippen LogP contribution in [0.15, 0.2) is 83.9 Å². The second-order valence-electron chi connectivity index (χ2n) is 6.48. The second-order valence-corrected chi connectivity index (χ2v) is 7.39. The molecule has 0 atom stereocenters. The maximum absolute atomic E-state index is 13.2. The first-order valence-electron chi connectivity index (χ1n) is 9.12. The zero-order valence-electron chi connectivity index (χ0n) is 15.9. The number of benzene rings is 2. The Morgan fingerprint density at radius 3 is 2.48 bits per heavy atom. The van der Waals surface area contributed by atoms with Gasteiger partial charge in [-0.2, -0.15) is 0 Å². The lowest BCUT2D eigenvalue weighted by molar-refractivity contribution is 0.101. The quantitative estimate of drug-likeness (QED) is 0.435. The van der Waals surface area contributed by atoms with Gasteiger partial charge in [-0.15, -0.1) is 0 Å². The number of aromatic nitrogens is 3. The van der Waals surface area contributed by atoms with Crippen molar-refractivity contribution in [3.8, 4) is 5.69 Å². The largest absolute Gasteiger partial charge is 0.321 e. The summed E-state index contributed by atoms with van der Waals surface area (Å²) < 4.78 is 15.5. The molecule has 0 bridgehead atoms. The summed E-state index contributed by atoms with van der Waals surface area (Å²) in [5, 5.41) is 5.46. The van der Waals surface area contributed by atoms with Gasteiger partial charge in [0.05, 0.1) is 12.5 Å². The summed E-state index contributed by atoms with van der Waals surface area (Å²) in [7, 11) is 0. The zero-order valence-corrected chi connectivity index (χ0v) is 17.5. The summed E-state index contributed by atoms with van der Waals surface area (Å²) in [6.45, 7) is 0. The summed E-state index contributed by atoms with van der Waals surface area (Å²) in [4.78, 5) is 33.4. The fourth-order valence-electron chi connectivity index (χ4n) is 2.84. The molecule has 4 rings (SSSR count). The van der Waals surface area contributed by atoms with Gasteiger partial charge < -0.3 is 10.6 Å². The molecule has 0 saturated heterocycles. The second kappa shape index (κ2) is 8.88. The van der Waals surface area contributed by atoms with Gasteiger partial charge in [-0.3, -0.25) is 14.2 Å². The van der Waals surface area contributed by atoms with E-state index >= 15 is 0 Å². The molecule has 0 aliphatic rings. The molecular formula is C22H15BrFN5O2. The van der Waals surface area contributed by atoms with E-state index in [1.165, 1.54) is 24.7 Å². The number of anilines is 2. The Morgan fingerprint density at radius 2 is 1.74 bits per heavy atom. The number of hydrogen-bond donors (Lipinski definition) is 2. The summed E-state index contributed by atoms with van der Waals surface area (Å²) in [5.74, 6) is -0.745. The molecule has 2 N–H and O–H groups in total. The minimum atomic E-state index is -0.422. The molecule has 0 radical (unpaired) electrons. The van der Waals surface area contributed by atoms with E-state index in [-0.39, 0.29) is 17.4 Å². The van der Waals surface area contributed by atoms with Crippen LogP contribution in [0.2, 0.25) is 0 Å². The first-order valence-corrected chi connectivity index (χ1v) is 9.91. The Morgan fingerprint density at radius 1 is 0.935 bits per heavy atom. The van der Waals surface area contributed by atoms with Gasteiger partial charge >= 0.3 is 0 Å². The summed E-state index contributed by atoms with van der Waals surface area (Å²) in [6, 6.07) is 15.7. The van der Waals surface area contributed by atoms with Crippen LogP contribution in [0.1, 0.15) is 20.8 Å². The molecule has 2 heterocycles. The SMILES string of the molecule is O=C(Nc1ccc(Br)cn1)c1cccc(NC(=O)c2cncn2-c2ccc(F)cc2)c1. The number of carbonyl (C=O) groups excluding carboxylic acids is 2.